The predicted molar refractivity (Wildman–Crippen MR) is 77.8 cm³/mol. The number of carbonyl (C=O) groups is 1. The van der Waals surface area contributed by atoms with E-state index in [1.54, 1.807) is 0 Å². The Bertz CT molecular complexity index is 482. The monoisotopic (exact) mass is 260 g/mol. The number of amides is 1. The van der Waals surface area contributed by atoms with Crippen LogP contribution in [0.3, 0.4) is 0 Å². The Labute approximate surface area is 116 Å². The Hall–Kier alpha value is -1.35. The molecule has 1 fully saturated rings. The van der Waals surface area contributed by atoms with E-state index >= 15 is 0 Å². The van der Waals surface area contributed by atoms with Gasteiger partial charge in [0.05, 0.1) is 6.54 Å². The molecular weight excluding hydrogens is 236 g/mol. The van der Waals surface area contributed by atoms with Gasteiger partial charge >= 0.3 is 0 Å². The summed E-state index contributed by atoms with van der Waals surface area (Å²) in [4.78, 5) is 14.1. The minimum Gasteiger partial charge on any atom is -0.319 e. The van der Waals surface area contributed by atoms with Gasteiger partial charge < -0.3 is 4.90 Å². The van der Waals surface area contributed by atoms with Gasteiger partial charge in [0.2, 0.25) is 5.91 Å². The Morgan fingerprint density at radius 3 is 2.53 bits per heavy atom. The van der Waals surface area contributed by atoms with Crippen LogP contribution in [0.5, 0.6) is 0 Å². The number of nitrogens with one attached hydrogen (secondary N) is 1. The van der Waals surface area contributed by atoms with Gasteiger partial charge in [-0.15, -0.1) is 0 Å². The third kappa shape index (κ3) is 2.66. The topological polar surface area (TPSA) is 32.3 Å². The summed E-state index contributed by atoms with van der Waals surface area (Å²) in [5, 5.41) is 3.35. The van der Waals surface area contributed by atoms with Crippen molar-refractivity contribution in [3.8, 4) is 0 Å². The number of nitrogens with zero attached hydrogens (tertiary/aromatic N) is 1. The molecule has 1 aromatic rings. The first-order valence-corrected chi connectivity index (χ1v) is 7.03. The van der Waals surface area contributed by atoms with Crippen molar-refractivity contribution in [3.63, 3.8) is 0 Å². The van der Waals surface area contributed by atoms with Crippen molar-refractivity contribution in [1.29, 1.82) is 0 Å². The van der Waals surface area contributed by atoms with E-state index in [1.807, 2.05) is 4.90 Å². The zero-order valence-corrected chi connectivity index (χ0v) is 12.5. The van der Waals surface area contributed by atoms with Crippen LogP contribution in [0.4, 0.5) is 0 Å². The minimum absolute atomic E-state index is 0.0190. The fraction of sp³-hybridized carbons (Fsp3) is 0.562. The lowest BCUT2D eigenvalue weighted by Crippen LogP contribution is -2.41. The first-order valence-electron chi connectivity index (χ1n) is 7.03. The van der Waals surface area contributed by atoms with Crippen LogP contribution < -0.4 is 5.32 Å². The van der Waals surface area contributed by atoms with Crippen LogP contribution >= 0.6 is 0 Å². The largest absolute Gasteiger partial charge is 0.319 e. The summed E-state index contributed by atoms with van der Waals surface area (Å²) in [7, 11) is 0. The molecule has 2 atom stereocenters. The van der Waals surface area contributed by atoms with Crippen molar-refractivity contribution in [2.75, 3.05) is 6.54 Å². The van der Waals surface area contributed by atoms with E-state index in [-0.39, 0.29) is 18.1 Å². The van der Waals surface area contributed by atoms with Crippen molar-refractivity contribution in [2.45, 2.75) is 46.8 Å². The summed E-state index contributed by atoms with van der Waals surface area (Å²) in [6.07, 6.45) is 0.0190. The van der Waals surface area contributed by atoms with Crippen LogP contribution in [0, 0.1) is 19.8 Å². The lowest BCUT2D eigenvalue weighted by Gasteiger charge is -2.33. The van der Waals surface area contributed by atoms with Crippen molar-refractivity contribution in [2.24, 2.45) is 5.92 Å². The average molecular weight is 260 g/mol. The van der Waals surface area contributed by atoms with E-state index in [9.17, 15) is 4.79 Å². The smallest absolute Gasteiger partial charge is 0.238 e. The van der Waals surface area contributed by atoms with Gasteiger partial charge in [-0.3, -0.25) is 10.1 Å². The molecule has 0 radical (unpaired) electrons. The third-order valence-electron chi connectivity index (χ3n) is 4.14. The molecule has 2 rings (SSSR count). The highest BCUT2D eigenvalue weighted by Gasteiger charge is 2.36. The highest BCUT2D eigenvalue weighted by Crippen LogP contribution is 2.29. The zero-order valence-electron chi connectivity index (χ0n) is 12.5. The van der Waals surface area contributed by atoms with Crippen molar-refractivity contribution in [1.82, 2.24) is 10.2 Å². The van der Waals surface area contributed by atoms with Crippen molar-refractivity contribution < 1.29 is 4.79 Å². The normalized spacial score (nSPS) is 21.3. The minimum atomic E-state index is 0.0190. The van der Waals surface area contributed by atoms with Crippen LogP contribution in [0.1, 0.15) is 43.6 Å². The molecule has 1 amide bonds. The molecule has 3 nitrogen and oxygen atoms in total. The van der Waals surface area contributed by atoms with Gasteiger partial charge in [0.15, 0.2) is 0 Å². The highest BCUT2D eigenvalue weighted by molar-refractivity contribution is 5.81. The Kier molecular flexibility index (Phi) is 3.95. The second-order valence-corrected chi connectivity index (χ2v) is 5.93. The standard InChI is InChI=1S/C16H24N2O/c1-10(2)13(5)18-15(19)9-17-16(18)14-7-6-11(3)8-12(14)4/h6-8,10,13,16-17H,9H2,1-5H3. The molecule has 0 saturated carbocycles. The molecule has 0 aromatic heterocycles. The maximum absolute atomic E-state index is 12.1. The SMILES string of the molecule is Cc1ccc(C2NCC(=O)N2C(C)C(C)C)c(C)c1. The molecule has 2 unspecified atom stereocenters. The van der Waals surface area contributed by atoms with Gasteiger partial charge in [0.1, 0.15) is 6.17 Å². The predicted octanol–water partition coefficient (Wildman–Crippen LogP) is 2.78. The van der Waals surface area contributed by atoms with Crippen LogP contribution in [0.25, 0.3) is 0 Å². The van der Waals surface area contributed by atoms with E-state index in [2.05, 4.69) is 58.1 Å². The highest BCUT2D eigenvalue weighted by atomic mass is 16.2. The van der Waals surface area contributed by atoms with Gasteiger partial charge in [0, 0.05) is 6.04 Å². The van der Waals surface area contributed by atoms with Crippen LogP contribution in [0.15, 0.2) is 18.2 Å². The summed E-state index contributed by atoms with van der Waals surface area (Å²) in [6.45, 7) is 11.1. The number of aryl methyl sites for hydroxylation is 2. The van der Waals surface area contributed by atoms with E-state index in [0.29, 0.717) is 12.5 Å². The maximum atomic E-state index is 12.1. The summed E-state index contributed by atoms with van der Waals surface area (Å²) in [6, 6.07) is 6.68. The second-order valence-electron chi connectivity index (χ2n) is 5.93. The second kappa shape index (κ2) is 5.33. The summed E-state index contributed by atoms with van der Waals surface area (Å²) in [5.74, 6) is 0.656. The maximum Gasteiger partial charge on any atom is 0.238 e. The molecule has 1 aromatic carbocycles. The molecule has 1 heterocycles. The van der Waals surface area contributed by atoms with Gasteiger partial charge in [-0.1, -0.05) is 37.6 Å². The zero-order chi connectivity index (χ0) is 14.2. The fourth-order valence-corrected chi connectivity index (χ4v) is 2.69. The molecule has 1 aliphatic rings. The molecule has 104 valence electrons. The molecule has 0 bridgehead atoms. The Morgan fingerprint density at radius 1 is 1.26 bits per heavy atom. The lowest BCUT2D eigenvalue weighted by molar-refractivity contribution is -0.130. The lowest BCUT2D eigenvalue weighted by atomic mass is 9.99. The molecule has 19 heavy (non-hydrogen) atoms. The van der Waals surface area contributed by atoms with E-state index in [1.165, 1.54) is 16.7 Å². The average Bonchev–Trinajstić information content (AvgIpc) is 2.70. The molecule has 3 heteroatoms. The van der Waals surface area contributed by atoms with E-state index in [0.717, 1.165) is 0 Å². The van der Waals surface area contributed by atoms with Crippen LogP contribution in [0.2, 0.25) is 0 Å². The number of carbonyl (C=O) groups excluding carboxylic acids is 1. The van der Waals surface area contributed by atoms with Gasteiger partial charge in [-0.05, 0) is 37.8 Å². The summed E-state index contributed by atoms with van der Waals surface area (Å²) in [5.41, 5.74) is 3.71. The van der Waals surface area contributed by atoms with Gasteiger partial charge in [-0.2, -0.15) is 0 Å². The summed E-state index contributed by atoms with van der Waals surface area (Å²) < 4.78 is 0. The van der Waals surface area contributed by atoms with E-state index < -0.39 is 0 Å². The van der Waals surface area contributed by atoms with Gasteiger partial charge in [-0.25, -0.2) is 0 Å². The number of hydrogen-bond donors (Lipinski definition) is 1. The first-order chi connectivity index (χ1) is 8.91. The number of hydrogen-bond acceptors (Lipinski definition) is 2. The van der Waals surface area contributed by atoms with Crippen molar-refractivity contribution in [3.05, 3.63) is 34.9 Å². The summed E-state index contributed by atoms with van der Waals surface area (Å²) >= 11 is 0. The quantitative estimate of drug-likeness (QED) is 0.906. The Morgan fingerprint density at radius 2 is 1.95 bits per heavy atom. The van der Waals surface area contributed by atoms with Crippen molar-refractivity contribution >= 4 is 5.91 Å². The van der Waals surface area contributed by atoms with E-state index in [4.69, 9.17) is 0 Å². The molecule has 1 saturated heterocycles. The number of benzene rings is 1. The molecule has 0 aliphatic carbocycles. The number of rotatable bonds is 3. The molecule has 1 aliphatic heterocycles. The molecular formula is C16H24N2O. The Balaban J connectivity index is 2.35. The first kappa shape index (κ1) is 14.1. The van der Waals surface area contributed by atoms with Crippen LogP contribution in [-0.2, 0) is 4.79 Å². The third-order valence-corrected chi connectivity index (χ3v) is 4.14. The fourth-order valence-electron chi connectivity index (χ4n) is 2.69. The molecule has 0 spiro atoms. The molecule has 1 N–H and O–H groups in total. The van der Waals surface area contributed by atoms with Gasteiger partial charge in [0.25, 0.3) is 0 Å². The van der Waals surface area contributed by atoms with Crippen LogP contribution in [-0.4, -0.2) is 23.4 Å².